The zero-order valence-electron chi connectivity index (χ0n) is 7.84. The van der Waals surface area contributed by atoms with E-state index in [1.54, 1.807) is 0 Å². The van der Waals surface area contributed by atoms with Gasteiger partial charge in [-0.1, -0.05) is 0 Å². The number of ether oxygens (including phenoxy) is 1. The first kappa shape index (κ1) is 10.2. The lowest BCUT2D eigenvalue weighted by Crippen LogP contribution is -2.37. The molecule has 0 bridgehead atoms. The summed E-state index contributed by atoms with van der Waals surface area (Å²) in [6.07, 6.45) is 1.47. The molecule has 8 heteroatoms. The van der Waals surface area contributed by atoms with Crippen LogP contribution in [-0.4, -0.2) is 38.8 Å². The monoisotopic (exact) mass is 195 g/mol. The maximum absolute atomic E-state index is 5.57. The van der Waals surface area contributed by atoms with Crippen molar-refractivity contribution in [1.82, 2.24) is 9.97 Å². The lowest BCUT2D eigenvalue weighted by Gasteiger charge is -2.21. The highest BCUT2D eigenvalue weighted by Crippen LogP contribution is 2.20. The minimum absolute atomic E-state index is 0.124. The summed E-state index contributed by atoms with van der Waals surface area (Å²) < 4.78 is 5.48. The summed E-state index contributed by atoms with van der Waals surface area (Å²) in [5, 5.41) is -0.190. The lowest BCUT2D eigenvalue weighted by atomic mass is 9.52. The van der Waals surface area contributed by atoms with Gasteiger partial charge in [0, 0.05) is 5.30 Å². The SMILES string of the molecule is BC(B)(B)Oc1cnc(Cl)nc1N. The number of nitrogen functional groups attached to an aromatic ring is 1. The summed E-state index contributed by atoms with van der Waals surface area (Å²) in [5.74, 6) is 0.715. The summed E-state index contributed by atoms with van der Waals surface area (Å²) in [6.45, 7) is 0. The number of rotatable bonds is 2. The Morgan fingerprint density at radius 2 is 2.08 bits per heavy atom. The Labute approximate surface area is 84.4 Å². The molecule has 0 saturated heterocycles. The number of hydrogen-bond donors (Lipinski definition) is 1. The molecule has 0 amide bonds. The van der Waals surface area contributed by atoms with Crippen LogP contribution in [0.3, 0.4) is 0 Å². The van der Waals surface area contributed by atoms with E-state index >= 15 is 0 Å². The maximum atomic E-state index is 5.57. The molecule has 0 radical (unpaired) electrons. The van der Waals surface area contributed by atoms with Crippen molar-refractivity contribution in [2.45, 2.75) is 5.30 Å². The fraction of sp³-hybridized carbons (Fsp3) is 0.200. The van der Waals surface area contributed by atoms with E-state index in [1.165, 1.54) is 6.20 Å². The molecule has 4 nitrogen and oxygen atoms in total. The maximum Gasteiger partial charge on any atom is 0.224 e. The van der Waals surface area contributed by atoms with E-state index in [-0.39, 0.29) is 16.4 Å². The number of halogens is 1. The Hall–Kier alpha value is -0.835. The van der Waals surface area contributed by atoms with Crippen LogP contribution in [0.25, 0.3) is 0 Å². The Bertz CT molecular complexity index is 316. The molecule has 0 aliphatic heterocycles. The van der Waals surface area contributed by atoms with Gasteiger partial charge in [0.15, 0.2) is 11.6 Å². The molecular formula is C5H9B3ClN3O. The fourth-order valence-electron chi connectivity index (χ4n) is 0.770. The third-order valence-corrected chi connectivity index (χ3v) is 1.35. The van der Waals surface area contributed by atoms with Crippen molar-refractivity contribution in [3.8, 4) is 5.75 Å². The van der Waals surface area contributed by atoms with Crippen LogP contribution in [-0.2, 0) is 0 Å². The highest BCUT2D eigenvalue weighted by molar-refractivity contribution is 6.58. The predicted octanol–water partition coefficient (Wildman–Crippen LogP) is -2.40. The largest absolute Gasteiger partial charge is 0.509 e. The van der Waals surface area contributed by atoms with Gasteiger partial charge in [0.25, 0.3) is 0 Å². The van der Waals surface area contributed by atoms with Gasteiger partial charge >= 0.3 is 0 Å². The lowest BCUT2D eigenvalue weighted by molar-refractivity contribution is 0.318. The Morgan fingerprint density at radius 1 is 1.46 bits per heavy atom. The van der Waals surface area contributed by atoms with Crippen molar-refractivity contribution in [2.24, 2.45) is 0 Å². The molecule has 2 N–H and O–H groups in total. The van der Waals surface area contributed by atoms with Gasteiger partial charge in [0.2, 0.25) is 5.28 Å². The molecule has 0 aliphatic carbocycles. The summed E-state index contributed by atoms with van der Waals surface area (Å²) in [4.78, 5) is 7.54. The molecule has 1 rings (SSSR count). The molecule has 66 valence electrons. The van der Waals surface area contributed by atoms with E-state index in [0.717, 1.165) is 0 Å². The van der Waals surface area contributed by atoms with Gasteiger partial charge in [-0.2, -0.15) is 4.98 Å². The number of anilines is 1. The summed E-state index contributed by atoms with van der Waals surface area (Å²) >= 11 is 5.53. The van der Waals surface area contributed by atoms with Gasteiger partial charge in [-0.25, -0.2) is 4.98 Å². The molecule has 0 atom stereocenters. The first-order valence-corrected chi connectivity index (χ1v) is 4.23. The number of aromatic nitrogens is 2. The molecule has 0 saturated carbocycles. The highest BCUT2D eigenvalue weighted by Gasteiger charge is 2.15. The van der Waals surface area contributed by atoms with Gasteiger partial charge in [-0.15, -0.1) is 0 Å². The van der Waals surface area contributed by atoms with Crippen molar-refractivity contribution in [2.75, 3.05) is 5.73 Å². The average molecular weight is 195 g/mol. The van der Waals surface area contributed by atoms with E-state index in [2.05, 4.69) is 9.97 Å². The minimum atomic E-state index is -0.314. The third kappa shape index (κ3) is 3.18. The molecular weight excluding hydrogens is 186 g/mol. The molecule has 1 aromatic rings. The molecule has 0 aromatic carbocycles. The van der Waals surface area contributed by atoms with Crippen molar-refractivity contribution in [1.29, 1.82) is 0 Å². The van der Waals surface area contributed by atoms with Gasteiger partial charge in [-0.05, 0) is 11.6 Å². The second kappa shape index (κ2) is 3.50. The molecule has 1 aromatic heterocycles. The van der Waals surface area contributed by atoms with Crippen molar-refractivity contribution >= 4 is 41.0 Å². The van der Waals surface area contributed by atoms with Crippen LogP contribution in [0.2, 0.25) is 5.28 Å². The van der Waals surface area contributed by atoms with Crippen LogP contribution in [0.5, 0.6) is 5.75 Å². The van der Waals surface area contributed by atoms with Crippen molar-refractivity contribution in [3.63, 3.8) is 0 Å². The van der Waals surface area contributed by atoms with E-state index in [1.807, 2.05) is 23.5 Å². The smallest absolute Gasteiger partial charge is 0.224 e. The quantitative estimate of drug-likeness (QED) is 0.422. The summed E-state index contributed by atoms with van der Waals surface area (Å²) in [7, 11) is 5.75. The first-order chi connectivity index (χ1) is 5.88. The van der Waals surface area contributed by atoms with E-state index in [0.29, 0.717) is 5.75 Å². The van der Waals surface area contributed by atoms with Crippen LogP contribution in [0.1, 0.15) is 0 Å². The van der Waals surface area contributed by atoms with Gasteiger partial charge in [-0.3, -0.25) is 0 Å². The highest BCUT2D eigenvalue weighted by atomic mass is 35.5. The molecule has 13 heavy (non-hydrogen) atoms. The molecule has 0 spiro atoms. The average Bonchev–Trinajstić information content (AvgIpc) is 1.93. The second-order valence-corrected chi connectivity index (χ2v) is 3.94. The summed E-state index contributed by atoms with van der Waals surface area (Å²) in [6, 6.07) is 0. The van der Waals surface area contributed by atoms with Crippen molar-refractivity contribution in [3.05, 3.63) is 11.5 Å². The molecule has 1 heterocycles. The van der Waals surface area contributed by atoms with Gasteiger partial charge < -0.3 is 10.5 Å². The van der Waals surface area contributed by atoms with Crippen LogP contribution >= 0.6 is 11.6 Å². The second-order valence-electron chi connectivity index (χ2n) is 3.60. The van der Waals surface area contributed by atoms with E-state index in [9.17, 15) is 0 Å². The Morgan fingerprint density at radius 3 is 2.54 bits per heavy atom. The first-order valence-electron chi connectivity index (χ1n) is 3.85. The number of nitrogens with zero attached hydrogens (tertiary/aromatic N) is 2. The molecule has 0 unspecified atom stereocenters. The normalized spacial score (nSPS) is 11.2. The fourth-order valence-corrected chi connectivity index (χ4v) is 0.910. The predicted molar refractivity (Wildman–Crippen MR) is 60.4 cm³/mol. The van der Waals surface area contributed by atoms with Crippen molar-refractivity contribution < 1.29 is 4.74 Å². The minimum Gasteiger partial charge on any atom is -0.509 e. The topological polar surface area (TPSA) is 61.0 Å². The Kier molecular flexibility index (Phi) is 2.76. The standard InChI is InChI=1S/C5H9B3ClN3O/c6-5(7,8)13-2-1-11-4(9)12-3(2)10/h1H,6-8H2,(H2,10,11,12). The number of hydrogen-bond acceptors (Lipinski definition) is 4. The number of nitrogens with two attached hydrogens (primary N) is 1. The Balaban J connectivity index is 2.90. The van der Waals surface area contributed by atoms with Crippen LogP contribution < -0.4 is 10.5 Å². The van der Waals surface area contributed by atoms with E-state index < -0.39 is 0 Å². The zero-order chi connectivity index (χ0) is 10.1. The molecule has 0 aliphatic rings. The zero-order valence-corrected chi connectivity index (χ0v) is 8.59. The van der Waals surface area contributed by atoms with Crippen LogP contribution in [0.4, 0.5) is 5.82 Å². The van der Waals surface area contributed by atoms with Gasteiger partial charge in [0.1, 0.15) is 23.5 Å². The van der Waals surface area contributed by atoms with Crippen LogP contribution in [0.15, 0.2) is 6.20 Å². The summed E-state index contributed by atoms with van der Waals surface area (Å²) in [5.41, 5.74) is 5.57. The molecule has 0 fully saturated rings. The van der Waals surface area contributed by atoms with Gasteiger partial charge in [0.05, 0.1) is 6.20 Å². The third-order valence-electron chi connectivity index (χ3n) is 1.17. The van der Waals surface area contributed by atoms with Crippen LogP contribution in [0, 0.1) is 0 Å². The van der Waals surface area contributed by atoms with E-state index in [4.69, 9.17) is 22.1 Å².